The summed E-state index contributed by atoms with van der Waals surface area (Å²) in [5.74, 6) is 1.54. The Balaban J connectivity index is 1.51. The van der Waals surface area contributed by atoms with Gasteiger partial charge >= 0.3 is 0 Å². The van der Waals surface area contributed by atoms with Crippen LogP contribution in [0.15, 0.2) is 72.8 Å². The van der Waals surface area contributed by atoms with Crippen LogP contribution in [0.25, 0.3) is 21.5 Å². The summed E-state index contributed by atoms with van der Waals surface area (Å²) in [6.07, 6.45) is 0.934. The van der Waals surface area contributed by atoms with Gasteiger partial charge in [0, 0.05) is 6.54 Å². The molecule has 0 atom stereocenters. The molecule has 28 heavy (non-hydrogen) atoms. The van der Waals surface area contributed by atoms with E-state index in [1.807, 2.05) is 12.1 Å². The van der Waals surface area contributed by atoms with Gasteiger partial charge in [-0.15, -0.1) is 0 Å². The first-order chi connectivity index (χ1) is 13.8. The van der Waals surface area contributed by atoms with Crippen molar-refractivity contribution in [3.8, 4) is 11.5 Å². The first-order valence-corrected chi connectivity index (χ1v) is 9.61. The van der Waals surface area contributed by atoms with Crippen LogP contribution in [0, 0.1) is 0 Å². The SMILES string of the molecule is COc1ccc(CCNCc2c3ccccc3cc3ccccc23)cc1OC. The third-order valence-corrected chi connectivity index (χ3v) is 5.22. The maximum atomic E-state index is 5.40. The first kappa shape index (κ1) is 18.3. The second kappa shape index (κ2) is 8.32. The van der Waals surface area contributed by atoms with E-state index in [9.17, 15) is 0 Å². The molecule has 0 aromatic heterocycles. The summed E-state index contributed by atoms with van der Waals surface area (Å²) < 4.78 is 10.7. The minimum absolute atomic E-state index is 0.765. The fourth-order valence-corrected chi connectivity index (χ4v) is 3.78. The van der Waals surface area contributed by atoms with Crippen LogP contribution in [0.3, 0.4) is 0 Å². The Morgan fingerprint density at radius 2 is 1.36 bits per heavy atom. The third-order valence-electron chi connectivity index (χ3n) is 5.22. The van der Waals surface area contributed by atoms with Gasteiger partial charge in [0.05, 0.1) is 14.2 Å². The maximum absolute atomic E-state index is 5.40. The van der Waals surface area contributed by atoms with Crippen molar-refractivity contribution in [2.45, 2.75) is 13.0 Å². The molecule has 0 heterocycles. The van der Waals surface area contributed by atoms with E-state index >= 15 is 0 Å². The van der Waals surface area contributed by atoms with Crippen molar-refractivity contribution in [2.24, 2.45) is 0 Å². The minimum Gasteiger partial charge on any atom is -0.493 e. The number of ether oxygens (including phenoxy) is 2. The van der Waals surface area contributed by atoms with Crippen molar-refractivity contribution < 1.29 is 9.47 Å². The van der Waals surface area contributed by atoms with Gasteiger partial charge in [0.1, 0.15) is 0 Å². The number of hydrogen-bond donors (Lipinski definition) is 1. The molecule has 0 fully saturated rings. The molecule has 1 N–H and O–H groups in total. The molecule has 0 aliphatic rings. The van der Waals surface area contributed by atoms with Crippen LogP contribution in [0.5, 0.6) is 11.5 Å². The average molecular weight is 371 g/mol. The summed E-state index contributed by atoms with van der Waals surface area (Å²) in [6, 6.07) is 25.6. The van der Waals surface area contributed by atoms with Crippen molar-refractivity contribution in [1.82, 2.24) is 5.32 Å². The van der Waals surface area contributed by atoms with Crippen LogP contribution >= 0.6 is 0 Å². The topological polar surface area (TPSA) is 30.5 Å². The van der Waals surface area contributed by atoms with Crippen molar-refractivity contribution in [1.29, 1.82) is 0 Å². The Morgan fingerprint density at radius 3 is 2.00 bits per heavy atom. The predicted octanol–water partition coefficient (Wildman–Crippen LogP) is 5.34. The Hall–Kier alpha value is -3.04. The largest absolute Gasteiger partial charge is 0.493 e. The van der Waals surface area contributed by atoms with E-state index in [0.29, 0.717) is 0 Å². The van der Waals surface area contributed by atoms with Crippen LogP contribution in [-0.2, 0) is 13.0 Å². The maximum Gasteiger partial charge on any atom is 0.160 e. The van der Waals surface area contributed by atoms with E-state index in [2.05, 4.69) is 66.0 Å². The zero-order valence-electron chi connectivity index (χ0n) is 16.4. The molecule has 3 nitrogen and oxygen atoms in total. The lowest BCUT2D eigenvalue weighted by Gasteiger charge is -2.13. The predicted molar refractivity (Wildman–Crippen MR) is 116 cm³/mol. The van der Waals surface area contributed by atoms with Gasteiger partial charge in [0.2, 0.25) is 0 Å². The van der Waals surface area contributed by atoms with Gasteiger partial charge in [-0.05, 0) is 63.8 Å². The molecule has 3 heteroatoms. The van der Waals surface area contributed by atoms with Gasteiger partial charge in [0.15, 0.2) is 11.5 Å². The highest BCUT2D eigenvalue weighted by Gasteiger charge is 2.08. The summed E-state index contributed by atoms with van der Waals surface area (Å²) in [6.45, 7) is 1.74. The van der Waals surface area contributed by atoms with Gasteiger partial charge in [0.25, 0.3) is 0 Å². The normalized spacial score (nSPS) is 11.1. The van der Waals surface area contributed by atoms with Crippen LogP contribution in [-0.4, -0.2) is 20.8 Å². The molecular weight excluding hydrogens is 346 g/mol. The van der Waals surface area contributed by atoms with E-state index in [-0.39, 0.29) is 0 Å². The lowest BCUT2D eigenvalue weighted by Crippen LogP contribution is -2.17. The molecule has 0 saturated heterocycles. The summed E-state index contributed by atoms with van der Waals surface area (Å²) >= 11 is 0. The second-order valence-corrected chi connectivity index (χ2v) is 6.91. The molecule has 4 aromatic carbocycles. The van der Waals surface area contributed by atoms with E-state index in [4.69, 9.17) is 9.47 Å². The van der Waals surface area contributed by atoms with Gasteiger partial charge in [-0.2, -0.15) is 0 Å². The molecular formula is C25H25NO2. The second-order valence-electron chi connectivity index (χ2n) is 6.91. The Bertz CT molecular complexity index is 1050. The zero-order valence-corrected chi connectivity index (χ0v) is 16.4. The molecule has 0 unspecified atom stereocenters. The molecule has 142 valence electrons. The number of hydrogen-bond acceptors (Lipinski definition) is 3. The number of nitrogens with one attached hydrogen (secondary N) is 1. The highest BCUT2D eigenvalue weighted by Crippen LogP contribution is 2.29. The summed E-state index contributed by atoms with van der Waals surface area (Å²) in [5.41, 5.74) is 2.59. The summed E-state index contributed by atoms with van der Waals surface area (Å²) in [7, 11) is 3.33. The highest BCUT2D eigenvalue weighted by molar-refractivity contribution is 6.02. The van der Waals surface area contributed by atoms with Crippen LogP contribution < -0.4 is 14.8 Å². The van der Waals surface area contributed by atoms with E-state index < -0.39 is 0 Å². The average Bonchev–Trinajstić information content (AvgIpc) is 2.75. The van der Waals surface area contributed by atoms with E-state index in [1.165, 1.54) is 32.7 Å². The molecule has 4 rings (SSSR count). The van der Waals surface area contributed by atoms with E-state index in [0.717, 1.165) is 31.0 Å². The zero-order chi connectivity index (χ0) is 19.3. The molecule has 0 bridgehead atoms. The first-order valence-electron chi connectivity index (χ1n) is 9.61. The van der Waals surface area contributed by atoms with Crippen LogP contribution in [0.1, 0.15) is 11.1 Å². The van der Waals surface area contributed by atoms with Gasteiger partial charge in [-0.1, -0.05) is 54.6 Å². The highest BCUT2D eigenvalue weighted by atomic mass is 16.5. The minimum atomic E-state index is 0.765. The molecule has 0 aliphatic heterocycles. The molecule has 0 saturated carbocycles. The fraction of sp³-hybridized carbons (Fsp3) is 0.200. The Labute approximate surface area is 165 Å². The molecule has 4 aromatic rings. The summed E-state index contributed by atoms with van der Waals surface area (Å²) in [5, 5.41) is 8.85. The third kappa shape index (κ3) is 3.67. The number of fused-ring (bicyclic) bond motifs is 2. The van der Waals surface area contributed by atoms with Crippen molar-refractivity contribution in [3.63, 3.8) is 0 Å². The number of benzene rings is 4. The lowest BCUT2D eigenvalue weighted by molar-refractivity contribution is 0.354. The molecule has 0 radical (unpaired) electrons. The standard InChI is InChI=1S/C25H25NO2/c1-27-24-12-11-18(15-25(24)28-2)13-14-26-17-23-21-9-5-3-7-19(21)16-20-8-4-6-10-22(20)23/h3-12,15-16,26H,13-14,17H2,1-2H3. The number of methoxy groups -OCH3 is 2. The molecule has 0 amide bonds. The van der Waals surface area contributed by atoms with Crippen LogP contribution in [0.4, 0.5) is 0 Å². The molecule has 0 spiro atoms. The van der Waals surface area contributed by atoms with Gasteiger partial charge in [-0.3, -0.25) is 0 Å². The van der Waals surface area contributed by atoms with Gasteiger partial charge < -0.3 is 14.8 Å². The van der Waals surface area contributed by atoms with Crippen molar-refractivity contribution in [3.05, 3.63) is 83.9 Å². The van der Waals surface area contributed by atoms with Crippen molar-refractivity contribution >= 4 is 21.5 Å². The quantitative estimate of drug-likeness (QED) is 0.351. The smallest absolute Gasteiger partial charge is 0.160 e. The lowest BCUT2D eigenvalue weighted by atomic mass is 9.97. The van der Waals surface area contributed by atoms with Crippen LogP contribution in [0.2, 0.25) is 0 Å². The van der Waals surface area contributed by atoms with E-state index in [1.54, 1.807) is 14.2 Å². The van der Waals surface area contributed by atoms with Crippen molar-refractivity contribution in [2.75, 3.05) is 20.8 Å². The Kier molecular flexibility index (Phi) is 5.45. The number of rotatable bonds is 7. The fourth-order valence-electron chi connectivity index (χ4n) is 3.78. The summed E-state index contributed by atoms with van der Waals surface area (Å²) in [4.78, 5) is 0. The Morgan fingerprint density at radius 1 is 0.714 bits per heavy atom. The van der Waals surface area contributed by atoms with Gasteiger partial charge in [-0.25, -0.2) is 0 Å². The molecule has 0 aliphatic carbocycles. The monoisotopic (exact) mass is 371 g/mol.